The summed E-state index contributed by atoms with van der Waals surface area (Å²) in [6, 6.07) is 9.29. The van der Waals surface area contributed by atoms with Crippen LogP contribution in [0.5, 0.6) is 17.2 Å². The maximum absolute atomic E-state index is 10.2. The van der Waals surface area contributed by atoms with Gasteiger partial charge in [-0.3, -0.25) is 0 Å². The first-order chi connectivity index (χ1) is 10.8. The van der Waals surface area contributed by atoms with Crippen LogP contribution in [0.15, 0.2) is 30.3 Å². The van der Waals surface area contributed by atoms with E-state index >= 15 is 0 Å². The van der Waals surface area contributed by atoms with Crippen molar-refractivity contribution in [2.45, 2.75) is 27.7 Å². The van der Waals surface area contributed by atoms with Crippen LogP contribution in [0.3, 0.4) is 0 Å². The molecular formula is C20H20O3. The molecule has 0 aromatic heterocycles. The van der Waals surface area contributed by atoms with Crippen molar-refractivity contribution in [3.05, 3.63) is 52.6 Å². The molecule has 0 aliphatic carbocycles. The SMILES string of the molecule is Cc1cc(-c2ccc(O)c3c(C)c(O)c(C)cc23)cc(C)c1O. The van der Waals surface area contributed by atoms with Crippen LogP contribution in [0.4, 0.5) is 0 Å². The molecule has 118 valence electrons. The third kappa shape index (κ3) is 2.29. The number of benzene rings is 3. The quantitative estimate of drug-likeness (QED) is 0.602. The van der Waals surface area contributed by atoms with Crippen LogP contribution in [0.1, 0.15) is 22.3 Å². The average Bonchev–Trinajstić information content (AvgIpc) is 2.50. The van der Waals surface area contributed by atoms with Gasteiger partial charge in [-0.05, 0) is 85.2 Å². The fourth-order valence-corrected chi connectivity index (χ4v) is 3.21. The van der Waals surface area contributed by atoms with E-state index in [1.807, 2.05) is 52.0 Å². The first-order valence-electron chi connectivity index (χ1n) is 7.56. The number of rotatable bonds is 1. The van der Waals surface area contributed by atoms with Crippen molar-refractivity contribution in [2.75, 3.05) is 0 Å². The molecule has 3 N–H and O–H groups in total. The summed E-state index contributed by atoms with van der Waals surface area (Å²) in [5.74, 6) is 0.675. The third-order valence-electron chi connectivity index (χ3n) is 4.49. The molecule has 0 fully saturated rings. The highest BCUT2D eigenvalue weighted by molar-refractivity contribution is 6.03. The van der Waals surface area contributed by atoms with Crippen molar-refractivity contribution in [3.63, 3.8) is 0 Å². The molecule has 0 heterocycles. The number of hydrogen-bond acceptors (Lipinski definition) is 3. The molecule has 0 unspecified atom stereocenters. The van der Waals surface area contributed by atoms with E-state index in [0.717, 1.165) is 33.2 Å². The molecule has 3 aromatic rings. The summed E-state index contributed by atoms with van der Waals surface area (Å²) in [6.07, 6.45) is 0. The van der Waals surface area contributed by atoms with E-state index < -0.39 is 0 Å². The number of phenolic OH excluding ortho intramolecular Hbond substituents is 3. The predicted molar refractivity (Wildman–Crippen MR) is 93.3 cm³/mol. The van der Waals surface area contributed by atoms with Gasteiger partial charge in [0, 0.05) is 10.9 Å². The highest BCUT2D eigenvalue weighted by atomic mass is 16.3. The van der Waals surface area contributed by atoms with E-state index in [9.17, 15) is 15.3 Å². The van der Waals surface area contributed by atoms with Crippen LogP contribution in [-0.4, -0.2) is 15.3 Å². The van der Waals surface area contributed by atoms with Crippen molar-refractivity contribution in [2.24, 2.45) is 0 Å². The molecule has 3 nitrogen and oxygen atoms in total. The number of aromatic hydroxyl groups is 3. The Labute approximate surface area is 135 Å². The minimum atomic E-state index is 0.156. The second-order valence-electron chi connectivity index (χ2n) is 6.18. The zero-order valence-electron chi connectivity index (χ0n) is 13.7. The van der Waals surface area contributed by atoms with Gasteiger partial charge in [-0.1, -0.05) is 6.07 Å². The minimum Gasteiger partial charge on any atom is -0.507 e. The molecule has 0 saturated heterocycles. The fraction of sp³-hybridized carbons (Fsp3) is 0.200. The van der Waals surface area contributed by atoms with Gasteiger partial charge in [0.2, 0.25) is 0 Å². The molecule has 0 atom stereocenters. The Hall–Kier alpha value is -2.68. The van der Waals surface area contributed by atoms with E-state index in [-0.39, 0.29) is 11.5 Å². The summed E-state index contributed by atoms with van der Waals surface area (Å²) in [7, 11) is 0. The predicted octanol–water partition coefficient (Wildman–Crippen LogP) is 4.86. The second kappa shape index (κ2) is 5.20. The Bertz CT molecular complexity index is 917. The molecule has 0 aliphatic rings. The standard InChI is InChI=1S/C20H20O3/c1-10-7-14(8-11(2)19(10)22)15-5-6-17(21)18-13(4)20(23)12(3)9-16(15)18/h5-9,21-23H,1-4H3. The van der Waals surface area contributed by atoms with Crippen LogP contribution >= 0.6 is 0 Å². The maximum Gasteiger partial charge on any atom is 0.123 e. The van der Waals surface area contributed by atoms with E-state index in [0.29, 0.717) is 16.7 Å². The zero-order valence-corrected chi connectivity index (χ0v) is 13.7. The topological polar surface area (TPSA) is 60.7 Å². The zero-order chi connectivity index (χ0) is 16.9. The number of hydrogen-bond donors (Lipinski definition) is 3. The molecule has 3 rings (SSSR count). The van der Waals surface area contributed by atoms with Crippen LogP contribution in [0.2, 0.25) is 0 Å². The number of aryl methyl sites for hydroxylation is 4. The molecule has 0 saturated carbocycles. The normalized spacial score (nSPS) is 11.1. The summed E-state index contributed by atoms with van der Waals surface area (Å²) in [5.41, 5.74) is 5.02. The van der Waals surface area contributed by atoms with E-state index in [2.05, 4.69) is 0 Å². The van der Waals surface area contributed by atoms with Crippen molar-refractivity contribution in [1.82, 2.24) is 0 Å². The average molecular weight is 308 g/mol. The summed E-state index contributed by atoms with van der Waals surface area (Å²) < 4.78 is 0. The van der Waals surface area contributed by atoms with Crippen LogP contribution < -0.4 is 0 Å². The van der Waals surface area contributed by atoms with Gasteiger partial charge in [0.05, 0.1) is 0 Å². The molecule has 3 heteroatoms. The van der Waals surface area contributed by atoms with Gasteiger partial charge in [0.25, 0.3) is 0 Å². The van der Waals surface area contributed by atoms with Gasteiger partial charge in [-0.2, -0.15) is 0 Å². The lowest BCUT2D eigenvalue weighted by molar-refractivity contribution is 0.464. The van der Waals surface area contributed by atoms with Crippen molar-refractivity contribution in [1.29, 1.82) is 0 Å². The van der Waals surface area contributed by atoms with Crippen molar-refractivity contribution in [3.8, 4) is 28.4 Å². The smallest absolute Gasteiger partial charge is 0.123 e. The van der Waals surface area contributed by atoms with E-state index in [4.69, 9.17) is 0 Å². The van der Waals surface area contributed by atoms with Gasteiger partial charge >= 0.3 is 0 Å². The van der Waals surface area contributed by atoms with E-state index in [1.165, 1.54) is 0 Å². The largest absolute Gasteiger partial charge is 0.507 e. The summed E-state index contributed by atoms with van der Waals surface area (Å²) in [4.78, 5) is 0. The van der Waals surface area contributed by atoms with Crippen LogP contribution in [0.25, 0.3) is 21.9 Å². The summed E-state index contributed by atoms with van der Waals surface area (Å²) in [6.45, 7) is 7.40. The lowest BCUT2D eigenvalue weighted by Gasteiger charge is -2.15. The Morgan fingerprint density at radius 1 is 0.696 bits per heavy atom. The first-order valence-corrected chi connectivity index (χ1v) is 7.56. The van der Waals surface area contributed by atoms with Gasteiger partial charge in [-0.15, -0.1) is 0 Å². The van der Waals surface area contributed by atoms with Gasteiger partial charge in [0.15, 0.2) is 0 Å². The van der Waals surface area contributed by atoms with Crippen LogP contribution in [-0.2, 0) is 0 Å². The summed E-state index contributed by atoms with van der Waals surface area (Å²) in [5, 5.41) is 32.0. The molecule has 3 aromatic carbocycles. The number of fused-ring (bicyclic) bond motifs is 1. The minimum absolute atomic E-state index is 0.156. The lowest BCUT2D eigenvalue weighted by Crippen LogP contribution is -1.90. The van der Waals surface area contributed by atoms with Gasteiger partial charge in [0.1, 0.15) is 17.2 Å². The second-order valence-corrected chi connectivity index (χ2v) is 6.18. The summed E-state index contributed by atoms with van der Waals surface area (Å²) >= 11 is 0. The Kier molecular flexibility index (Phi) is 3.44. The first kappa shape index (κ1) is 15.2. The molecule has 0 spiro atoms. The van der Waals surface area contributed by atoms with Gasteiger partial charge in [-0.25, -0.2) is 0 Å². The van der Waals surface area contributed by atoms with Crippen LogP contribution in [0, 0.1) is 27.7 Å². The Morgan fingerprint density at radius 2 is 1.26 bits per heavy atom. The monoisotopic (exact) mass is 308 g/mol. The Morgan fingerprint density at radius 3 is 1.87 bits per heavy atom. The molecule has 23 heavy (non-hydrogen) atoms. The highest BCUT2D eigenvalue weighted by Crippen LogP contribution is 2.41. The third-order valence-corrected chi connectivity index (χ3v) is 4.49. The van der Waals surface area contributed by atoms with Gasteiger partial charge < -0.3 is 15.3 Å². The highest BCUT2D eigenvalue weighted by Gasteiger charge is 2.15. The fourth-order valence-electron chi connectivity index (χ4n) is 3.21. The molecule has 0 aliphatic heterocycles. The Balaban J connectivity index is 2.42. The number of phenols is 3. The molecule has 0 bridgehead atoms. The lowest BCUT2D eigenvalue weighted by atomic mass is 9.91. The van der Waals surface area contributed by atoms with E-state index in [1.54, 1.807) is 6.07 Å². The molecular weight excluding hydrogens is 288 g/mol. The molecule has 0 amide bonds. The van der Waals surface area contributed by atoms with Crippen molar-refractivity contribution >= 4 is 10.8 Å². The van der Waals surface area contributed by atoms with Crippen molar-refractivity contribution < 1.29 is 15.3 Å². The maximum atomic E-state index is 10.2. The molecule has 0 radical (unpaired) electrons.